The van der Waals surface area contributed by atoms with Gasteiger partial charge >= 0.3 is 0 Å². The minimum absolute atomic E-state index is 0.156. The van der Waals surface area contributed by atoms with E-state index in [0.29, 0.717) is 27.1 Å². The highest BCUT2D eigenvalue weighted by Gasteiger charge is 2.16. The number of H-pyrrole nitrogens is 1. The highest BCUT2D eigenvalue weighted by molar-refractivity contribution is 6.42. The minimum atomic E-state index is -0.559. The van der Waals surface area contributed by atoms with Crippen molar-refractivity contribution >= 4 is 40.5 Å². The van der Waals surface area contributed by atoms with Crippen molar-refractivity contribution in [2.45, 2.75) is 6.92 Å². The number of nitro benzene ring substituents is 1. The van der Waals surface area contributed by atoms with Gasteiger partial charge < -0.3 is 10.1 Å². The number of anilines is 1. The molecule has 1 heterocycles. The van der Waals surface area contributed by atoms with Crippen LogP contribution in [0.15, 0.2) is 66.7 Å². The molecule has 0 radical (unpaired) electrons. The van der Waals surface area contributed by atoms with Crippen molar-refractivity contribution in [2.24, 2.45) is 0 Å². The van der Waals surface area contributed by atoms with Gasteiger partial charge in [0.15, 0.2) is 0 Å². The van der Waals surface area contributed by atoms with Crippen LogP contribution in [0.25, 0.3) is 11.3 Å². The van der Waals surface area contributed by atoms with Crippen LogP contribution in [0.5, 0.6) is 11.5 Å². The second-order valence-electron chi connectivity index (χ2n) is 7.14. The van der Waals surface area contributed by atoms with Gasteiger partial charge in [-0.05, 0) is 37.3 Å². The summed E-state index contributed by atoms with van der Waals surface area (Å²) >= 11 is 12.0. The molecule has 0 spiro atoms. The topological polar surface area (TPSA) is 110 Å². The summed E-state index contributed by atoms with van der Waals surface area (Å²) < 4.78 is 5.74. The van der Waals surface area contributed by atoms with E-state index in [1.165, 1.54) is 24.3 Å². The number of non-ortho nitro benzene ring substituents is 1. The first-order chi connectivity index (χ1) is 15.8. The summed E-state index contributed by atoms with van der Waals surface area (Å²) in [6.07, 6.45) is 0. The summed E-state index contributed by atoms with van der Waals surface area (Å²) in [6.45, 7) is 1.94. The Balaban J connectivity index is 1.56. The summed E-state index contributed by atoms with van der Waals surface area (Å²) in [5, 5.41) is 21.5. The molecule has 33 heavy (non-hydrogen) atoms. The van der Waals surface area contributed by atoms with E-state index in [0.717, 1.165) is 5.56 Å². The summed E-state index contributed by atoms with van der Waals surface area (Å²) in [7, 11) is 0. The lowest BCUT2D eigenvalue weighted by Crippen LogP contribution is -2.12. The van der Waals surface area contributed by atoms with Crippen LogP contribution in [0.2, 0.25) is 10.0 Å². The number of aromatic nitrogens is 2. The molecule has 1 amide bonds. The number of rotatable bonds is 6. The fourth-order valence-electron chi connectivity index (χ4n) is 3.00. The average molecular weight is 483 g/mol. The molecule has 0 atom stereocenters. The first kappa shape index (κ1) is 22.3. The monoisotopic (exact) mass is 482 g/mol. The predicted molar refractivity (Wildman–Crippen MR) is 126 cm³/mol. The summed E-state index contributed by atoms with van der Waals surface area (Å²) in [5.41, 5.74) is 2.33. The molecule has 0 saturated carbocycles. The molecule has 4 rings (SSSR count). The zero-order chi connectivity index (χ0) is 23.5. The molecule has 0 unspecified atom stereocenters. The van der Waals surface area contributed by atoms with Crippen LogP contribution in [0, 0.1) is 17.0 Å². The number of aromatic amines is 1. The van der Waals surface area contributed by atoms with E-state index >= 15 is 0 Å². The number of nitro groups is 1. The molecule has 166 valence electrons. The van der Waals surface area contributed by atoms with E-state index in [4.69, 9.17) is 27.9 Å². The van der Waals surface area contributed by atoms with Gasteiger partial charge in [-0.1, -0.05) is 47.0 Å². The number of carbonyl (C=O) groups excluding carboxylic acids is 1. The van der Waals surface area contributed by atoms with Crippen molar-refractivity contribution < 1.29 is 14.5 Å². The fraction of sp³-hybridized carbons (Fsp3) is 0.0435. The number of amides is 1. The third-order valence-electron chi connectivity index (χ3n) is 4.65. The smallest absolute Gasteiger partial charge is 0.275 e. The van der Waals surface area contributed by atoms with Crippen LogP contribution in [0.4, 0.5) is 11.4 Å². The molecular formula is C23H16Cl2N4O4. The third-order valence-corrected chi connectivity index (χ3v) is 5.39. The lowest BCUT2D eigenvalue weighted by Gasteiger charge is -2.09. The van der Waals surface area contributed by atoms with Crippen molar-refractivity contribution in [3.05, 3.63) is 98.1 Å². The molecule has 0 aliphatic heterocycles. The van der Waals surface area contributed by atoms with Gasteiger partial charge in [0.25, 0.3) is 11.6 Å². The zero-order valence-corrected chi connectivity index (χ0v) is 18.6. The number of halogens is 2. The Bertz CT molecular complexity index is 1350. The van der Waals surface area contributed by atoms with E-state index in [-0.39, 0.29) is 22.8 Å². The lowest BCUT2D eigenvalue weighted by molar-refractivity contribution is -0.384. The van der Waals surface area contributed by atoms with Crippen LogP contribution in [0.3, 0.4) is 0 Å². The average Bonchev–Trinajstić information content (AvgIpc) is 3.27. The van der Waals surface area contributed by atoms with Gasteiger partial charge in [-0.25, -0.2) is 0 Å². The van der Waals surface area contributed by atoms with Crippen molar-refractivity contribution in [3.8, 4) is 22.8 Å². The summed E-state index contributed by atoms with van der Waals surface area (Å²) in [5.74, 6) is 0.193. The SMILES string of the molecule is Cc1ccc(Oc2cc(NC(=O)c3cc(-c4ccc(Cl)c(Cl)c4)n[nH]3)cc([N+](=O)[O-])c2)cc1. The number of hydrogen-bond acceptors (Lipinski definition) is 5. The van der Waals surface area contributed by atoms with Gasteiger partial charge in [-0.2, -0.15) is 5.10 Å². The van der Waals surface area contributed by atoms with E-state index in [2.05, 4.69) is 15.5 Å². The Labute approximate surface area is 198 Å². The number of nitrogens with one attached hydrogen (secondary N) is 2. The number of hydrogen-bond donors (Lipinski definition) is 2. The molecule has 10 heteroatoms. The van der Waals surface area contributed by atoms with E-state index in [1.807, 2.05) is 19.1 Å². The number of benzene rings is 3. The molecule has 8 nitrogen and oxygen atoms in total. The molecular weight excluding hydrogens is 467 g/mol. The Morgan fingerprint density at radius 1 is 1.00 bits per heavy atom. The van der Waals surface area contributed by atoms with Gasteiger partial charge in [-0.15, -0.1) is 0 Å². The first-order valence-electron chi connectivity index (χ1n) is 9.65. The maximum atomic E-state index is 12.7. The Kier molecular flexibility index (Phi) is 6.30. The van der Waals surface area contributed by atoms with Crippen LogP contribution >= 0.6 is 23.2 Å². The Morgan fingerprint density at radius 3 is 2.45 bits per heavy atom. The van der Waals surface area contributed by atoms with Gasteiger partial charge in [-0.3, -0.25) is 20.0 Å². The molecule has 3 aromatic carbocycles. The van der Waals surface area contributed by atoms with E-state index < -0.39 is 10.8 Å². The maximum absolute atomic E-state index is 12.7. The summed E-state index contributed by atoms with van der Waals surface area (Å²) in [6, 6.07) is 17.8. The standard InChI is InChI=1S/C23H16Cl2N4O4/c1-13-2-5-17(6-3-13)33-18-10-15(9-16(11-18)29(31)32)26-23(30)22-12-21(27-28-22)14-4-7-19(24)20(25)8-14/h2-12H,1H3,(H,26,30)(H,27,28). The van der Waals surface area contributed by atoms with Crippen molar-refractivity contribution in [3.63, 3.8) is 0 Å². The van der Waals surface area contributed by atoms with Crippen LogP contribution in [0.1, 0.15) is 16.1 Å². The maximum Gasteiger partial charge on any atom is 0.275 e. The van der Waals surface area contributed by atoms with Crippen LogP contribution in [-0.4, -0.2) is 21.0 Å². The van der Waals surface area contributed by atoms with Crippen LogP contribution < -0.4 is 10.1 Å². The van der Waals surface area contributed by atoms with Crippen LogP contribution in [-0.2, 0) is 0 Å². The van der Waals surface area contributed by atoms with Gasteiger partial charge in [0.1, 0.15) is 17.2 Å². The number of ether oxygens (including phenoxy) is 1. The highest BCUT2D eigenvalue weighted by Crippen LogP contribution is 2.31. The molecule has 4 aromatic rings. The number of nitrogens with zero attached hydrogens (tertiary/aromatic N) is 2. The highest BCUT2D eigenvalue weighted by atomic mass is 35.5. The Hall–Kier alpha value is -3.88. The molecule has 0 bridgehead atoms. The lowest BCUT2D eigenvalue weighted by atomic mass is 10.1. The van der Waals surface area contributed by atoms with E-state index in [9.17, 15) is 14.9 Å². The van der Waals surface area contributed by atoms with Gasteiger partial charge in [0, 0.05) is 17.7 Å². The first-order valence-corrected chi connectivity index (χ1v) is 10.4. The number of aryl methyl sites for hydroxylation is 1. The molecule has 0 aliphatic carbocycles. The van der Waals surface area contributed by atoms with Crippen molar-refractivity contribution in [2.75, 3.05) is 5.32 Å². The largest absolute Gasteiger partial charge is 0.457 e. The normalized spacial score (nSPS) is 10.6. The summed E-state index contributed by atoms with van der Waals surface area (Å²) in [4.78, 5) is 23.5. The molecule has 0 aliphatic rings. The number of carbonyl (C=O) groups is 1. The zero-order valence-electron chi connectivity index (χ0n) is 17.1. The Morgan fingerprint density at radius 2 is 1.76 bits per heavy atom. The molecule has 0 saturated heterocycles. The van der Waals surface area contributed by atoms with Gasteiger partial charge in [0.05, 0.1) is 32.4 Å². The van der Waals surface area contributed by atoms with Crippen molar-refractivity contribution in [1.29, 1.82) is 0 Å². The third kappa shape index (κ3) is 5.31. The molecule has 2 N–H and O–H groups in total. The fourth-order valence-corrected chi connectivity index (χ4v) is 3.30. The minimum Gasteiger partial charge on any atom is -0.457 e. The molecule has 0 fully saturated rings. The molecule has 1 aromatic heterocycles. The second kappa shape index (κ2) is 9.32. The van der Waals surface area contributed by atoms with Gasteiger partial charge in [0.2, 0.25) is 0 Å². The van der Waals surface area contributed by atoms with E-state index in [1.54, 1.807) is 30.3 Å². The predicted octanol–water partition coefficient (Wildman–Crippen LogP) is 6.64. The van der Waals surface area contributed by atoms with Crippen molar-refractivity contribution in [1.82, 2.24) is 10.2 Å². The quantitative estimate of drug-likeness (QED) is 0.236. The second-order valence-corrected chi connectivity index (χ2v) is 7.95.